The van der Waals surface area contributed by atoms with Crippen molar-refractivity contribution in [2.24, 2.45) is 0 Å². The van der Waals surface area contributed by atoms with Crippen LogP contribution in [-0.2, 0) is 9.59 Å². The van der Waals surface area contributed by atoms with E-state index >= 15 is 0 Å². The second-order valence-electron chi connectivity index (χ2n) is 6.89. The number of nitrogens with zero attached hydrogens (tertiary/aromatic N) is 2. The summed E-state index contributed by atoms with van der Waals surface area (Å²) < 4.78 is 5.75. The van der Waals surface area contributed by atoms with Gasteiger partial charge in [0.25, 0.3) is 11.8 Å². The minimum Gasteiger partial charge on any atom is -0.477 e. The van der Waals surface area contributed by atoms with Crippen LogP contribution in [0, 0.1) is 0 Å². The zero-order chi connectivity index (χ0) is 21.0. The zero-order valence-corrected chi connectivity index (χ0v) is 16.6. The van der Waals surface area contributed by atoms with E-state index in [9.17, 15) is 14.4 Å². The summed E-state index contributed by atoms with van der Waals surface area (Å²) in [6, 6.07) is 14.0. The van der Waals surface area contributed by atoms with E-state index in [2.05, 4.69) is 10.6 Å². The highest BCUT2D eigenvalue weighted by molar-refractivity contribution is 5.97. The van der Waals surface area contributed by atoms with Crippen molar-refractivity contribution in [3.63, 3.8) is 0 Å². The summed E-state index contributed by atoms with van der Waals surface area (Å²) in [4.78, 5) is 39.9. The second kappa shape index (κ2) is 8.64. The van der Waals surface area contributed by atoms with Gasteiger partial charge in [0, 0.05) is 32.4 Å². The van der Waals surface area contributed by atoms with Crippen LogP contribution in [0.5, 0.6) is 5.75 Å². The van der Waals surface area contributed by atoms with Crippen LogP contribution in [0.1, 0.15) is 10.4 Å². The van der Waals surface area contributed by atoms with E-state index in [-0.39, 0.29) is 30.8 Å². The van der Waals surface area contributed by atoms with Crippen molar-refractivity contribution in [1.29, 1.82) is 0 Å². The largest absolute Gasteiger partial charge is 0.477 e. The van der Waals surface area contributed by atoms with Crippen LogP contribution in [0.2, 0.25) is 0 Å². The highest BCUT2D eigenvalue weighted by atomic mass is 16.5. The smallest absolute Gasteiger partial charge is 0.262 e. The van der Waals surface area contributed by atoms with Gasteiger partial charge in [0.2, 0.25) is 5.91 Å². The minimum atomic E-state index is -0.695. The molecule has 0 aliphatic carbocycles. The summed E-state index contributed by atoms with van der Waals surface area (Å²) in [7, 11) is 4.92. The molecule has 8 nitrogen and oxygen atoms in total. The molecule has 0 aromatic heterocycles. The molecule has 1 aliphatic rings. The summed E-state index contributed by atoms with van der Waals surface area (Å²) in [5.41, 5.74) is 1.90. The lowest BCUT2D eigenvalue weighted by Crippen LogP contribution is -2.50. The lowest BCUT2D eigenvalue weighted by atomic mass is 10.1. The van der Waals surface area contributed by atoms with E-state index in [1.165, 1.54) is 4.90 Å². The van der Waals surface area contributed by atoms with Crippen molar-refractivity contribution < 1.29 is 19.1 Å². The lowest BCUT2D eigenvalue weighted by Gasteiger charge is -2.34. The number of carbonyl (C=O) groups is 3. The molecular formula is C21H24N4O4. The molecule has 2 aromatic carbocycles. The fraction of sp³-hybridized carbons (Fsp3) is 0.286. The standard InChI is InChI=1S/C21H24N4O4/c1-22-20(27)18-12-25(16-6-4-5-7-17(16)29-18)13-19(26)23-15-10-8-14(9-11-15)21(28)24(2)3/h4-11,18H,12-13H2,1-3H3,(H,22,27)(H,23,26)/t18-/m0/s1. The first-order valence-corrected chi connectivity index (χ1v) is 9.23. The normalized spacial score (nSPS) is 15.0. The third kappa shape index (κ3) is 4.66. The van der Waals surface area contributed by atoms with Crippen LogP contribution in [0.4, 0.5) is 11.4 Å². The van der Waals surface area contributed by atoms with Crippen molar-refractivity contribution in [2.45, 2.75) is 6.10 Å². The first-order chi connectivity index (χ1) is 13.9. The second-order valence-corrected chi connectivity index (χ2v) is 6.89. The quantitative estimate of drug-likeness (QED) is 0.796. The summed E-state index contributed by atoms with van der Waals surface area (Å²) in [6.45, 7) is 0.326. The number of amides is 3. The lowest BCUT2D eigenvalue weighted by molar-refractivity contribution is -0.127. The number of likely N-dealkylation sites (N-methyl/N-ethyl adjacent to an activating group) is 1. The number of para-hydroxylation sites is 2. The molecule has 29 heavy (non-hydrogen) atoms. The van der Waals surface area contributed by atoms with Gasteiger partial charge in [-0.15, -0.1) is 0 Å². The molecule has 2 aromatic rings. The Labute approximate surface area is 169 Å². The van der Waals surface area contributed by atoms with Gasteiger partial charge in [-0.2, -0.15) is 0 Å². The number of ether oxygens (including phenoxy) is 1. The molecule has 8 heteroatoms. The van der Waals surface area contributed by atoms with E-state index in [4.69, 9.17) is 4.74 Å². The van der Waals surface area contributed by atoms with Crippen molar-refractivity contribution in [1.82, 2.24) is 10.2 Å². The molecule has 0 saturated carbocycles. The number of hydrogen-bond acceptors (Lipinski definition) is 5. The van der Waals surface area contributed by atoms with Crippen LogP contribution < -0.4 is 20.3 Å². The number of anilines is 2. The number of fused-ring (bicyclic) bond motifs is 1. The van der Waals surface area contributed by atoms with Gasteiger partial charge in [0.1, 0.15) is 5.75 Å². The Morgan fingerprint density at radius 2 is 1.79 bits per heavy atom. The fourth-order valence-corrected chi connectivity index (χ4v) is 3.08. The third-order valence-electron chi connectivity index (χ3n) is 4.56. The van der Waals surface area contributed by atoms with E-state index in [0.717, 1.165) is 5.69 Å². The molecule has 152 valence electrons. The number of benzene rings is 2. The van der Waals surface area contributed by atoms with Crippen LogP contribution in [0.15, 0.2) is 48.5 Å². The van der Waals surface area contributed by atoms with Crippen LogP contribution in [-0.4, -0.2) is 63.0 Å². The molecule has 3 amide bonds. The van der Waals surface area contributed by atoms with E-state index in [1.54, 1.807) is 51.5 Å². The van der Waals surface area contributed by atoms with Gasteiger partial charge in [-0.1, -0.05) is 12.1 Å². The number of carbonyl (C=O) groups excluding carboxylic acids is 3. The SMILES string of the molecule is CNC(=O)[C@@H]1CN(CC(=O)Nc2ccc(C(=O)N(C)C)cc2)c2ccccc2O1. The minimum absolute atomic E-state index is 0.0618. The Balaban J connectivity index is 1.69. The molecule has 1 aliphatic heterocycles. The summed E-state index contributed by atoms with van der Waals surface area (Å²) in [6.07, 6.45) is -0.695. The zero-order valence-electron chi connectivity index (χ0n) is 16.6. The molecule has 1 atom stereocenters. The number of hydrogen-bond donors (Lipinski definition) is 2. The first kappa shape index (κ1) is 20.2. The summed E-state index contributed by atoms with van der Waals surface area (Å²) in [5.74, 6) is -0.0187. The summed E-state index contributed by atoms with van der Waals surface area (Å²) in [5, 5.41) is 5.41. The van der Waals surface area contributed by atoms with E-state index in [0.29, 0.717) is 17.0 Å². The molecular weight excluding hydrogens is 372 g/mol. The highest BCUT2D eigenvalue weighted by Crippen LogP contribution is 2.32. The topological polar surface area (TPSA) is 91.0 Å². The van der Waals surface area contributed by atoms with Crippen molar-refractivity contribution in [3.05, 3.63) is 54.1 Å². The van der Waals surface area contributed by atoms with Gasteiger partial charge in [-0.25, -0.2) is 0 Å². The maximum absolute atomic E-state index is 12.6. The molecule has 0 saturated heterocycles. The Bertz CT molecular complexity index is 911. The molecule has 1 heterocycles. The molecule has 0 spiro atoms. The van der Waals surface area contributed by atoms with Crippen molar-refractivity contribution in [2.75, 3.05) is 44.4 Å². The maximum atomic E-state index is 12.6. The number of nitrogens with one attached hydrogen (secondary N) is 2. The van der Waals surface area contributed by atoms with Gasteiger partial charge < -0.3 is 25.2 Å². The van der Waals surface area contributed by atoms with Gasteiger partial charge in [-0.3, -0.25) is 14.4 Å². The van der Waals surface area contributed by atoms with Gasteiger partial charge in [0.15, 0.2) is 6.10 Å². The Kier molecular flexibility index (Phi) is 6.01. The number of rotatable bonds is 5. The molecule has 0 radical (unpaired) electrons. The van der Waals surface area contributed by atoms with E-state index < -0.39 is 6.10 Å². The monoisotopic (exact) mass is 396 g/mol. The Hall–Kier alpha value is -3.55. The Morgan fingerprint density at radius 3 is 2.45 bits per heavy atom. The fourth-order valence-electron chi connectivity index (χ4n) is 3.08. The van der Waals surface area contributed by atoms with Crippen molar-refractivity contribution >= 4 is 29.1 Å². The Morgan fingerprint density at radius 1 is 1.10 bits per heavy atom. The summed E-state index contributed by atoms with van der Waals surface area (Å²) >= 11 is 0. The molecule has 0 fully saturated rings. The van der Waals surface area contributed by atoms with Crippen LogP contribution in [0.3, 0.4) is 0 Å². The molecule has 2 N–H and O–H groups in total. The van der Waals surface area contributed by atoms with Crippen LogP contribution >= 0.6 is 0 Å². The molecule has 3 rings (SSSR count). The maximum Gasteiger partial charge on any atom is 0.262 e. The first-order valence-electron chi connectivity index (χ1n) is 9.23. The van der Waals surface area contributed by atoms with Gasteiger partial charge in [-0.05, 0) is 36.4 Å². The van der Waals surface area contributed by atoms with Gasteiger partial charge in [0.05, 0.1) is 18.8 Å². The average Bonchev–Trinajstić information content (AvgIpc) is 2.72. The molecule has 0 unspecified atom stereocenters. The predicted octanol–water partition coefficient (Wildman–Crippen LogP) is 1.34. The highest BCUT2D eigenvalue weighted by Gasteiger charge is 2.31. The average molecular weight is 396 g/mol. The van der Waals surface area contributed by atoms with E-state index in [1.807, 2.05) is 23.1 Å². The van der Waals surface area contributed by atoms with Crippen molar-refractivity contribution in [3.8, 4) is 5.75 Å². The van der Waals surface area contributed by atoms with Gasteiger partial charge >= 0.3 is 0 Å². The van der Waals surface area contributed by atoms with Crippen LogP contribution in [0.25, 0.3) is 0 Å². The molecule has 0 bridgehead atoms. The third-order valence-corrected chi connectivity index (χ3v) is 4.56. The predicted molar refractivity (Wildman–Crippen MR) is 110 cm³/mol.